The van der Waals surface area contributed by atoms with Gasteiger partial charge in [-0.25, -0.2) is 9.07 Å². The van der Waals surface area contributed by atoms with Crippen LogP contribution in [0.5, 0.6) is 0 Å². The summed E-state index contributed by atoms with van der Waals surface area (Å²) in [6, 6.07) is 21.6. The SMILES string of the molecule is CC(C)c1ccc(-c2cc(C(C)C)c(-c3nc(C#N)nn3-c3ccccc3F)c(C(C)C)c2)cc1. The lowest BCUT2D eigenvalue weighted by Crippen LogP contribution is -2.08. The van der Waals surface area contributed by atoms with Gasteiger partial charge in [0.2, 0.25) is 0 Å². The van der Waals surface area contributed by atoms with Gasteiger partial charge < -0.3 is 0 Å². The molecule has 0 spiro atoms. The standard InChI is InChI=1S/C30H31FN4/c1-18(2)21-11-13-22(14-12-21)23-15-24(19(3)4)29(25(16-23)20(5)6)30-33-28(17-32)34-35(30)27-10-8-7-9-26(27)31/h7-16,18-20H,1-6H3. The normalized spacial score (nSPS) is 11.5. The highest BCUT2D eigenvalue weighted by atomic mass is 19.1. The molecule has 4 aromatic rings. The first-order valence-corrected chi connectivity index (χ1v) is 12.1. The van der Waals surface area contributed by atoms with Crippen LogP contribution in [-0.2, 0) is 0 Å². The number of aromatic nitrogens is 3. The third-order valence-electron chi connectivity index (χ3n) is 6.37. The molecule has 0 aliphatic carbocycles. The predicted octanol–water partition coefficient (Wildman–Crippen LogP) is 7.98. The molecule has 0 amide bonds. The molecular formula is C30H31FN4. The first kappa shape index (κ1) is 24.3. The summed E-state index contributed by atoms with van der Waals surface area (Å²) in [4.78, 5) is 4.56. The van der Waals surface area contributed by atoms with Gasteiger partial charge >= 0.3 is 0 Å². The van der Waals surface area contributed by atoms with Gasteiger partial charge in [-0.3, -0.25) is 0 Å². The monoisotopic (exact) mass is 466 g/mol. The van der Waals surface area contributed by atoms with Crippen LogP contribution in [0.15, 0.2) is 60.7 Å². The highest BCUT2D eigenvalue weighted by molar-refractivity contribution is 5.76. The number of halogens is 1. The Kier molecular flexibility index (Phi) is 6.84. The fourth-order valence-corrected chi connectivity index (χ4v) is 4.40. The van der Waals surface area contributed by atoms with Crippen LogP contribution in [0.3, 0.4) is 0 Å². The molecule has 0 radical (unpaired) electrons. The van der Waals surface area contributed by atoms with Gasteiger partial charge in [0.1, 0.15) is 17.6 Å². The van der Waals surface area contributed by atoms with E-state index < -0.39 is 5.82 Å². The van der Waals surface area contributed by atoms with E-state index in [0.29, 0.717) is 11.7 Å². The lowest BCUT2D eigenvalue weighted by Gasteiger charge is -2.22. The maximum absolute atomic E-state index is 14.8. The summed E-state index contributed by atoms with van der Waals surface area (Å²) in [7, 11) is 0. The molecule has 5 heteroatoms. The molecule has 1 heterocycles. The van der Waals surface area contributed by atoms with E-state index in [4.69, 9.17) is 0 Å². The van der Waals surface area contributed by atoms with Crippen LogP contribution in [0.1, 0.15) is 81.8 Å². The second kappa shape index (κ2) is 9.84. The molecule has 0 aliphatic heterocycles. The molecule has 0 N–H and O–H groups in total. The maximum atomic E-state index is 14.8. The summed E-state index contributed by atoms with van der Waals surface area (Å²) in [5, 5.41) is 13.9. The predicted molar refractivity (Wildman–Crippen MR) is 139 cm³/mol. The number of hydrogen-bond donors (Lipinski definition) is 0. The Balaban J connectivity index is 2.00. The molecule has 0 bridgehead atoms. The van der Waals surface area contributed by atoms with Gasteiger partial charge in [0.15, 0.2) is 5.82 Å². The zero-order valence-electron chi connectivity index (χ0n) is 21.2. The number of nitriles is 1. The van der Waals surface area contributed by atoms with E-state index in [1.54, 1.807) is 18.2 Å². The molecule has 0 saturated heterocycles. The first-order chi connectivity index (χ1) is 16.7. The van der Waals surface area contributed by atoms with Gasteiger partial charge in [-0.2, -0.15) is 10.2 Å². The summed E-state index contributed by atoms with van der Waals surface area (Å²) in [6.45, 7) is 13.0. The second-order valence-electron chi connectivity index (χ2n) is 9.85. The minimum Gasteiger partial charge on any atom is -0.209 e. The number of para-hydroxylation sites is 1. The fourth-order valence-electron chi connectivity index (χ4n) is 4.40. The van der Waals surface area contributed by atoms with Gasteiger partial charge in [0.05, 0.1) is 0 Å². The van der Waals surface area contributed by atoms with Crippen molar-refractivity contribution in [3.05, 3.63) is 89.0 Å². The highest BCUT2D eigenvalue weighted by Gasteiger charge is 2.25. The fraction of sp³-hybridized carbons (Fsp3) is 0.300. The van der Waals surface area contributed by atoms with Crippen LogP contribution in [-0.4, -0.2) is 14.8 Å². The van der Waals surface area contributed by atoms with Gasteiger partial charge in [-0.15, -0.1) is 5.10 Å². The van der Waals surface area contributed by atoms with E-state index in [1.165, 1.54) is 16.3 Å². The van der Waals surface area contributed by atoms with E-state index in [0.717, 1.165) is 27.8 Å². The smallest absolute Gasteiger partial charge is 0.209 e. The Morgan fingerprint density at radius 3 is 1.91 bits per heavy atom. The van der Waals surface area contributed by atoms with Crippen molar-refractivity contribution in [1.82, 2.24) is 14.8 Å². The van der Waals surface area contributed by atoms with E-state index in [1.807, 2.05) is 6.07 Å². The molecule has 3 aromatic carbocycles. The Labute approximate surface area is 207 Å². The van der Waals surface area contributed by atoms with Crippen molar-refractivity contribution >= 4 is 0 Å². The molecular weight excluding hydrogens is 435 g/mol. The second-order valence-corrected chi connectivity index (χ2v) is 9.85. The third kappa shape index (κ3) is 4.74. The summed E-state index contributed by atoms with van der Waals surface area (Å²) < 4.78 is 16.3. The Hall–Kier alpha value is -3.78. The molecule has 0 atom stereocenters. The summed E-state index contributed by atoms with van der Waals surface area (Å²) >= 11 is 0. The van der Waals surface area contributed by atoms with Gasteiger partial charge in [-0.05, 0) is 57.7 Å². The van der Waals surface area contributed by atoms with Crippen molar-refractivity contribution < 1.29 is 4.39 Å². The van der Waals surface area contributed by atoms with Crippen molar-refractivity contribution in [2.75, 3.05) is 0 Å². The Morgan fingerprint density at radius 1 is 0.800 bits per heavy atom. The van der Waals surface area contributed by atoms with Crippen LogP contribution in [0, 0.1) is 17.1 Å². The van der Waals surface area contributed by atoms with Crippen LogP contribution in [0.4, 0.5) is 4.39 Å². The van der Waals surface area contributed by atoms with Crippen LogP contribution >= 0.6 is 0 Å². The van der Waals surface area contributed by atoms with Crippen molar-refractivity contribution in [2.24, 2.45) is 0 Å². The quantitative estimate of drug-likeness (QED) is 0.289. The lowest BCUT2D eigenvalue weighted by molar-refractivity contribution is 0.611. The molecule has 0 unspecified atom stereocenters. The summed E-state index contributed by atoms with van der Waals surface area (Å²) in [6.07, 6.45) is 0. The summed E-state index contributed by atoms with van der Waals surface area (Å²) in [5.74, 6) is 0.911. The average Bonchev–Trinajstić information content (AvgIpc) is 3.27. The minimum absolute atomic E-state index is 0.0148. The Bertz CT molecular complexity index is 1360. The number of nitrogens with zero attached hydrogens (tertiary/aromatic N) is 4. The third-order valence-corrected chi connectivity index (χ3v) is 6.37. The Morgan fingerprint density at radius 2 is 1.40 bits per heavy atom. The molecule has 0 fully saturated rings. The zero-order chi connectivity index (χ0) is 25.3. The zero-order valence-corrected chi connectivity index (χ0v) is 21.2. The summed E-state index contributed by atoms with van der Waals surface area (Å²) in [5.41, 5.74) is 6.96. The van der Waals surface area contributed by atoms with Gasteiger partial charge in [-0.1, -0.05) is 90.1 Å². The largest absolute Gasteiger partial charge is 0.253 e. The van der Waals surface area contributed by atoms with Crippen molar-refractivity contribution in [2.45, 2.75) is 59.3 Å². The number of hydrogen-bond acceptors (Lipinski definition) is 3. The molecule has 178 valence electrons. The lowest BCUT2D eigenvalue weighted by atomic mass is 9.84. The topological polar surface area (TPSA) is 54.5 Å². The minimum atomic E-state index is -0.415. The average molecular weight is 467 g/mol. The van der Waals surface area contributed by atoms with E-state index in [2.05, 4.69) is 88.0 Å². The van der Waals surface area contributed by atoms with Crippen LogP contribution in [0.25, 0.3) is 28.2 Å². The molecule has 0 aliphatic rings. The maximum Gasteiger partial charge on any atom is 0.253 e. The van der Waals surface area contributed by atoms with E-state index >= 15 is 0 Å². The van der Waals surface area contributed by atoms with Gasteiger partial charge in [0, 0.05) is 5.56 Å². The van der Waals surface area contributed by atoms with Crippen molar-refractivity contribution in [3.8, 4) is 34.3 Å². The molecule has 1 aromatic heterocycles. The highest BCUT2D eigenvalue weighted by Crippen LogP contribution is 2.40. The molecule has 0 saturated carbocycles. The van der Waals surface area contributed by atoms with E-state index in [9.17, 15) is 9.65 Å². The van der Waals surface area contributed by atoms with Crippen LogP contribution in [0.2, 0.25) is 0 Å². The molecule has 35 heavy (non-hydrogen) atoms. The molecule has 4 rings (SSSR count). The van der Waals surface area contributed by atoms with Gasteiger partial charge in [0.25, 0.3) is 5.82 Å². The van der Waals surface area contributed by atoms with Crippen molar-refractivity contribution in [1.29, 1.82) is 5.26 Å². The molecule has 4 nitrogen and oxygen atoms in total. The number of rotatable bonds is 6. The van der Waals surface area contributed by atoms with E-state index in [-0.39, 0.29) is 23.3 Å². The van der Waals surface area contributed by atoms with Crippen molar-refractivity contribution in [3.63, 3.8) is 0 Å². The first-order valence-electron chi connectivity index (χ1n) is 12.1. The number of benzene rings is 3. The van der Waals surface area contributed by atoms with Crippen LogP contribution < -0.4 is 0 Å².